The molecule has 0 saturated carbocycles. The minimum absolute atomic E-state index is 0.791. The smallest absolute Gasteiger partial charge is 0.190 e. The number of rotatable bonds is 6. The minimum Gasteiger partial charge on any atom is -0.497 e. The van der Waals surface area contributed by atoms with Gasteiger partial charge in [-0.05, 0) is 18.2 Å². The Balaban J connectivity index is 1.44. The largest absolute Gasteiger partial charge is 0.497 e. The quantitative estimate of drug-likeness (QED) is 0.457. The number of morpholine rings is 1. The normalized spacial score (nSPS) is 14.8. The molecular formula is C22H22N4O2S2. The van der Waals surface area contributed by atoms with E-state index in [1.165, 1.54) is 4.88 Å². The molecule has 3 heterocycles. The third-order valence-electron chi connectivity index (χ3n) is 5.02. The van der Waals surface area contributed by atoms with Gasteiger partial charge in [0, 0.05) is 30.1 Å². The summed E-state index contributed by atoms with van der Waals surface area (Å²) in [7, 11) is 1.68. The van der Waals surface area contributed by atoms with Crippen LogP contribution in [0.1, 0.15) is 4.88 Å². The molecule has 1 saturated heterocycles. The Labute approximate surface area is 183 Å². The van der Waals surface area contributed by atoms with Crippen LogP contribution in [0.4, 0.5) is 10.3 Å². The van der Waals surface area contributed by atoms with Gasteiger partial charge in [0.15, 0.2) is 10.3 Å². The third kappa shape index (κ3) is 4.17. The van der Waals surface area contributed by atoms with Crippen molar-refractivity contribution >= 4 is 43.2 Å². The second-order valence-electron chi connectivity index (χ2n) is 7.02. The Bertz CT molecular complexity index is 1140. The van der Waals surface area contributed by atoms with Crippen molar-refractivity contribution in [3.63, 3.8) is 0 Å². The lowest BCUT2D eigenvalue weighted by atomic mass is 10.1. The molecule has 0 radical (unpaired) electrons. The van der Waals surface area contributed by atoms with Crippen LogP contribution in [0.15, 0.2) is 48.5 Å². The molecule has 1 fully saturated rings. The predicted octanol–water partition coefficient (Wildman–Crippen LogP) is 5.00. The summed E-state index contributed by atoms with van der Waals surface area (Å²) in [5.41, 5.74) is 3.13. The summed E-state index contributed by atoms with van der Waals surface area (Å²) in [5, 5.41) is 5.13. The molecule has 0 bridgehead atoms. The number of hydrogen-bond donors (Lipinski definition) is 1. The van der Waals surface area contributed by atoms with Crippen LogP contribution in [0.5, 0.6) is 5.75 Å². The van der Waals surface area contributed by atoms with Gasteiger partial charge in [0.25, 0.3) is 0 Å². The number of anilines is 2. The molecule has 0 spiro atoms. The Kier molecular flexibility index (Phi) is 5.63. The number of thiazole rings is 2. The zero-order valence-corrected chi connectivity index (χ0v) is 18.3. The van der Waals surface area contributed by atoms with E-state index < -0.39 is 0 Å². The number of hydrogen-bond acceptors (Lipinski definition) is 8. The van der Waals surface area contributed by atoms with E-state index in [2.05, 4.69) is 34.5 Å². The van der Waals surface area contributed by atoms with Crippen molar-refractivity contribution in [3.05, 3.63) is 53.4 Å². The van der Waals surface area contributed by atoms with Gasteiger partial charge in [-0.2, -0.15) is 0 Å². The monoisotopic (exact) mass is 438 g/mol. The Morgan fingerprint density at radius 3 is 2.63 bits per heavy atom. The standard InChI is InChI=1S/C22H22N4O2S2/c1-27-16-7-8-17-18(13-16)29-21(23-17)25-22-24-20(15-5-3-2-4-6-15)19(30-22)14-26-9-11-28-12-10-26/h2-8,13H,9-12,14H2,1H3,(H,23,24,25). The zero-order valence-electron chi connectivity index (χ0n) is 16.6. The van der Waals surface area contributed by atoms with Crippen LogP contribution in [0.25, 0.3) is 21.5 Å². The van der Waals surface area contributed by atoms with Crippen molar-refractivity contribution in [2.45, 2.75) is 6.54 Å². The van der Waals surface area contributed by atoms with Gasteiger partial charge in [0.1, 0.15) is 5.75 Å². The molecule has 4 aromatic rings. The van der Waals surface area contributed by atoms with Crippen LogP contribution in [0.3, 0.4) is 0 Å². The number of fused-ring (bicyclic) bond motifs is 1. The van der Waals surface area contributed by atoms with E-state index in [0.717, 1.165) is 70.3 Å². The highest BCUT2D eigenvalue weighted by Crippen LogP contribution is 2.36. The molecular weight excluding hydrogens is 416 g/mol. The first-order valence-electron chi connectivity index (χ1n) is 9.85. The van der Waals surface area contributed by atoms with Gasteiger partial charge in [-0.15, -0.1) is 0 Å². The summed E-state index contributed by atoms with van der Waals surface area (Å²) in [6.45, 7) is 4.37. The average molecular weight is 439 g/mol. The minimum atomic E-state index is 0.791. The summed E-state index contributed by atoms with van der Waals surface area (Å²) in [5.74, 6) is 0.839. The molecule has 8 heteroatoms. The fourth-order valence-corrected chi connectivity index (χ4v) is 5.46. The lowest BCUT2D eigenvalue weighted by molar-refractivity contribution is 0.0347. The van der Waals surface area contributed by atoms with Crippen molar-refractivity contribution in [2.75, 3.05) is 38.7 Å². The summed E-state index contributed by atoms with van der Waals surface area (Å²) < 4.78 is 11.9. The maximum atomic E-state index is 5.50. The highest BCUT2D eigenvalue weighted by Gasteiger charge is 2.19. The lowest BCUT2D eigenvalue weighted by Gasteiger charge is -2.26. The van der Waals surface area contributed by atoms with Crippen LogP contribution >= 0.6 is 22.7 Å². The van der Waals surface area contributed by atoms with E-state index in [1.54, 1.807) is 29.8 Å². The van der Waals surface area contributed by atoms with Gasteiger partial charge in [-0.25, -0.2) is 9.97 Å². The van der Waals surface area contributed by atoms with Crippen LogP contribution < -0.4 is 10.1 Å². The summed E-state index contributed by atoms with van der Waals surface area (Å²) in [6.07, 6.45) is 0. The van der Waals surface area contributed by atoms with E-state index in [0.29, 0.717) is 0 Å². The highest BCUT2D eigenvalue weighted by atomic mass is 32.1. The molecule has 0 amide bonds. The number of nitrogens with zero attached hydrogens (tertiary/aromatic N) is 3. The van der Waals surface area contributed by atoms with Crippen LogP contribution in [0, 0.1) is 0 Å². The fourth-order valence-electron chi connectivity index (χ4n) is 3.47. The molecule has 1 aliphatic rings. The molecule has 154 valence electrons. The van der Waals surface area contributed by atoms with Gasteiger partial charge in [-0.1, -0.05) is 53.0 Å². The topological polar surface area (TPSA) is 59.5 Å². The molecule has 0 aliphatic carbocycles. The maximum absolute atomic E-state index is 5.50. The van der Waals surface area contributed by atoms with Crippen molar-refractivity contribution in [2.24, 2.45) is 0 Å². The third-order valence-corrected chi connectivity index (χ3v) is 6.91. The van der Waals surface area contributed by atoms with E-state index in [1.807, 2.05) is 24.3 Å². The molecule has 0 unspecified atom stereocenters. The summed E-state index contributed by atoms with van der Waals surface area (Å²) in [4.78, 5) is 13.3. The number of methoxy groups -OCH3 is 1. The van der Waals surface area contributed by atoms with Crippen LogP contribution in [-0.4, -0.2) is 48.3 Å². The van der Waals surface area contributed by atoms with E-state index in [9.17, 15) is 0 Å². The van der Waals surface area contributed by atoms with Gasteiger partial charge < -0.3 is 14.8 Å². The van der Waals surface area contributed by atoms with Crippen LogP contribution in [0.2, 0.25) is 0 Å². The van der Waals surface area contributed by atoms with Crippen molar-refractivity contribution in [1.29, 1.82) is 0 Å². The average Bonchev–Trinajstić information content (AvgIpc) is 3.37. The first-order valence-corrected chi connectivity index (χ1v) is 11.5. The zero-order chi connectivity index (χ0) is 20.3. The second-order valence-corrected chi connectivity index (χ2v) is 9.14. The first kappa shape index (κ1) is 19.4. The van der Waals surface area contributed by atoms with E-state index in [4.69, 9.17) is 19.4 Å². The molecule has 30 heavy (non-hydrogen) atoms. The second kappa shape index (κ2) is 8.69. The Morgan fingerprint density at radius 1 is 1.03 bits per heavy atom. The molecule has 6 nitrogen and oxygen atoms in total. The molecule has 2 aromatic heterocycles. The fraction of sp³-hybridized carbons (Fsp3) is 0.273. The molecule has 2 aromatic carbocycles. The first-order chi connectivity index (χ1) is 14.8. The van der Waals surface area contributed by atoms with Crippen LogP contribution in [-0.2, 0) is 11.3 Å². The number of aromatic nitrogens is 2. The molecule has 0 atom stereocenters. The highest BCUT2D eigenvalue weighted by molar-refractivity contribution is 7.22. The number of benzene rings is 2. The van der Waals surface area contributed by atoms with E-state index in [-0.39, 0.29) is 0 Å². The molecule has 5 rings (SSSR count). The van der Waals surface area contributed by atoms with Crippen molar-refractivity contribution < 1.29 is 9.47 Å². The molecule has 1 N–H and O–H groups in total. The lowest BCUT2D eigenvalue weighted by Crippen LogP contribution is -2.35. The van der Waals surface area contributed by atoms with Gasteiger partial charge >= 0.3 is 0 Å². The Morgan fingerprint density at radius 2 is 1.83 bits per heavy atom. The maximum Gasteiger partial charge on any atom is 0.190 e. The summed E-state index contributed by atoms with van der Waals surface area (Å²) >= 11 is 3.30. The SMILES string of the molecule is COc1ccc2nc(Nc3nc(-c4ccccc4)c(CN4CCOCC4)s3)sc2c1. The number of ether oxygens (including phenoxy) is 2. The van der Waals surface area contributed by atoms with Crippen molar-refractivity contribution in [3.8, 4) is 17.0 Å². The Hall–Kier alpha value is -2.52. The van der Waals surface area contributed by atoms with E-state index >= 15 is 0 Å². The van der Waals surface area contributed by atoms with Gasteiger partial charge in [0.05, 0.1) is 36.2 Å². The van der Waals surface area contributed by atoms with Gasteiger partial charge in [-0.3, -0.25) is 4.90 Å². The predicted molar refractivity (Wildman–Crippen MR) is 123 cm³/mol. The van der Waals surface area contributed by atoms with Gasteiger partial charge in [0.2, 0.25) is 0 Å². The number of nitrogens with one attached hydrogen (secondary N) is 1. The molecule has 1 aliphatic heterocycles. The van der Waals surface area contributed by atoms with Crippen molar-refractivity contribution in [1.82, 2.24) is 14.9 Å². The summed E-state index contributed by atoms with van der Waals surface area (Å²) in [6, 6.07) is 16.3.